The van der Waals surface area contributed by atoms with Gasteiger partial charge < -0.3 is 10.2 Å². The van der Waals surface area contributed by atoms with Crippen molar-refractivity contribution in [3.05, 3.63) is 41.9 Å². The van der Waals surface area contributed by atoms with E-state index < -0.39 is 0 Å². The molecular weight excluding hydrogens is 266 g/mol. The number of carbonyl (C=O) groups is 1. The lowest BCUT2D eigenvalue weighted by Gasteiger charge is -2.07. The number of nitrogens with zero attached hydrogens (tertiary/aromatic N) is 4. The lowest BCUT2D eigenvalue weighted by atomic mass is 10.3. The van der Waals surface area contributed by atoms with Crippen LogP contribution in [0.3, 0.4) is 0 Å². The Morgan fingerprint density at radius 1 is 1.33 bits per heavy atom. The summed E-state index contributed by atoms with van der Waals surface area (Å²) in [5.41, 5.74) is 1.54. The van der Waals surface area contributed by atoms with Crippen LogP contribution < -0.4 is 5.32 Å². The molecule has 0 radical (unpaired) electrons. The third-order valence-corrected chi connectivity index (χ3v) is 3.01. The summed E-state index contributed by atoms with van der Waals surface area (Å²) in [4.78, 5) is 17.7. The molecule has 0 fully saturated rings. The van der Waals surface area contributed by atoms with Crippen molar-refractivity contribution in [2.24, 2.45) is 0 Å². The number of carbonyl (C=O) groups excluding carboxylic acids is 1. The Morgan fingerprint density at radius 3 is 2.76 bits per heavy atom. The van der Waals surface area contributed by atoms with Gasteiger partial charge in [-0.05, 0) is 30.7 Å². The van der Waals surface area contributed by atoms with E-state index in [1.54, 1.807) is 31.0 Å². The van der Waals surface area contributed by atoms with Crippen LogP contribution in [0.25, 0.3) is 5.82 Å². The normalized spacial score (nSPS) is 10.6. The van der Waals surface area contributed by atoms with Crippen LogP contribution in [0.2, 0.25) is 0 Å². The molecule has 0 bridgehead atoms. The minimum Gasteiger partial charge on any atom is -0.343 e. The SMILES string of the molecule is CCCNCc1ccc(-n2ccc(C(=O)N(C)C)n2)nc1. The average molecular weight is 287 g/mol. The number of hydrogen-bond acceptors (Lipinski definition) is 4. The molecule has 2 rings (SSSR count). The Labute approximate surface area is 124 Å². The molecule has 0 aliphatic rings. The van der Waals surface area contributed by atoms with Crippen molar-refractivity contribution in [3.8, 4) is 5.82 Å². The van der Waals surface area contributed by atoms with Crippen LogP contribution in [-0.2, 0) is 6.54 Å². The Kier molecular flexibility index (Phi) is 5.05. The number of rotatable bonds is 6. The predicted octanol–water partition coefficient (Wildman–Crippen LogP) is 1.47. The van der Waals surface area contributed by atoms with Crippen LogP contribution in [-0.4, -0.2) is 46.2 Å². The Morgan fingerprint density at radius 2 is 2.14 bits per heavy atom. The van der Waals surface area contributed by atoms with E-state index in [1.807, 2.05) is 18.3 Å². The molecule has 0 unspecified atom stereocenters. The third kappa shape index (κ3) is 3.88. The number of aromatic nitrogens is 3. The van der Waals surface area contributed by atoms with Crippen LogP contribution in [0.5, 0.6) is 0 Å². The van der Waals surface area contributed by atoms with Crippen LogP contribution in [0.1, 0.15) is 29.4 Å². The van der Waals surface area contributed by atoms with E-state index >= 15 is 0 Å². The van der Waals surface area contributed by atoms with Gasteiger partial charge in [0.2, 0.25) is 0 Å². The molecule has 0 spiro atoms. The largest absolute Gasteiger partial charge is 0.343 e. The van der Waals surface area contributed by atoms with Gasteiger partial charge in [0.15, 0.2) is 11.5 Å². The van der Waals surface area contributed by atoms with Crippen LogP contribution in [0.15, 0.2) is 30.6 Å². The van der Waals surface area contributed by atoms with Crippen molar-refractivity contribution in [3.63, 3.8) is 0 Å². The van der Waals surface area contributed by atoms with Gasteiger partial charge in [0.1, 0.15) is 0 Å². The average Bonchev–Trinajstić information content (AvgIpc) is 2.97. The second kappa shape index (κ2) is 6.99. The zero-order valence-corrected chi connectivity index (χ0v) is 12.7. The van der Waals surface area contributed by atoms with E-state index in [2.05, 4.69) is 22.3 Å². The molecule has 112 valence electrons. The van der Waals surface area contributed by atoms with Crippen LogP contribution >= 0.6 is 0 Å². The maximum Gasteiger partial charge on any atom is 0.273 e. The molecule has 1 N–H and O–H groups in total. The second-order valence-corrected chi connectivity index (χ2v) is 5.05. The number of hydrogen-bond donors (Lipinski definition) is 1. The molecule has 0 saturated heterocycles. The summed E-state index contributed by atoms with van der Waals surface area (Å²) < 4.78 is 1.61. The monoisotopic (exact) mass is 287 g/mol. The highest BCUT2D eigenvalue weighted by molar-refractivity contribution is 5.91. The highest BCUT2D eigenvalue weighted by atomic mass is 16.2. The van der Waals surface area contributed by atoms with Crippen LogP contribution in [0, 0.1) is 0 Å². The molecule has 0 aromatic carbocycles. The van der Waals surface area contributed by atoms with Gasteiger partial charge in [0.05, 0.1) is 0 Å². The van der Waals surface area contributed by atoms with Crippen molar-refractivity contribution in [1.82, 2.24) is 25.0 Å². The summed E-state index contributed by atoms with van der Waals surface area (Å²) in [6, 6.07) is 5.61. The zero-order valence-electron chi connectivity index (χ0n) is 12.7. The standard InChI is InChI=1S/C15H21N5O/c1-4-8-16-10-12-5-6-14(17-11-12)20-9-7-13(18-20)15(21)19(2)3/h5-7,9,11,16H,4,8,10H2,1-3H3. The topological polar surface area (TPSA) is 63.1 Å². The molecule has 6 heteroatoms. The van der Waals surface area contributed by atoms with Crippen molar-refractivity contribution in [1.29, 1.82) is 0 Å². The first-order chi connectivity index (χ1) is 10.1. The lowest BCUT2D eigenvalue weighted by Crippen LogP contribution is -2.22. The molecule has 6 nitrogen and oxygen atoms in total. The van der Waals surface area contributed by atoms with Gasteiger partial charge >= 0.3 is 0 Å². The molecule has 2 heterocycles. The second-order valence-electron chi connectivity index (χ2n) is 5.05. The van der Waals surface area contributed by atoms with Crippen molar-refractivity contribution in [2.45, 2.75) is 19.9 Å². The summed E-state index contributed by atoms with van der Waals surface area (Å²) in [5.74, 6) is 0.584. The minimum atomic E-state index is -0.117. The van der Waals surface area contributed by atoms with E-state index in [-0.39, 0.29) is 5.91 Å². The molecule has 0 aliphatic carbocycles. The molecule has 2 aromatic heterocycles. The summed E-state index contributed by atoms with van der Waals surface area (Å²) in [5, 5.41) is 7.58. The van der Waals surface area contributed by atoms with Crippen LogP contribution in [0.4, 0.5) is 0 Å². The van der Waals surface area contributed by atoms with Crippen molar-refractivity contribution >= 4 is 5.91 Å². The summed E-state index contributed by atoms with van der Waals surface area (Å²) >= 11 is 0. The summed E-state index contributed by atoms with van der Waals surface area (Å²) in [7, 11) is 3.41. The Balaban J connectivity index is 2.07. The predicted molar refractivity (Wildman–Crippen MR) is 81.4 cm³/mol. The summed E-state index contributed by atoms with van der Waals surface area (Å²) in [6.07, 6.45) is 4.68. The van der Waals surface area contributed by atoms with E-state index in [0.717, 1.165) is 25.1 Å². The van der Waals surface area contributed by atoms with Crippen molar-refractivity contribution < 1.29 is 4.79 Å². The van der Waals surface area contributed by atoms with E-state index in [0.29, 0.717) is 11.5 Å². The molecule has 21 heavy (non-hydrogen) atoms. The first-order valence-electron chi connectivity index (χ1n) is 7.05. The Hall–Kier alpha value is -2.21. The van der Waals surface area contributed by atoms with Gasteiger partial charge in [-0.3, -0.25) is 4.79 Å². The van der Waals surface area contributed by atoms with Gasteiger partial charge in [0, 0.05) is 33.0 Å². The molecular formula is C15H21N5O. The fourth-order valence-corrected chi connectivity index (χ4v) is 1.86. The van der Waals surface area contributed by atoms with Gasteiger partial charge in [-0.2, -0.15) is 5.10 Å². The molecule has 0 aliphatic heterocycles. The lowest BCUT2D eigenvalue weighted by molar-refractivity contribution is 0.0821. The minimum absolute atomic E-state index is 0.117. The number of amides is 1. The van der Waals surface area contributed by atoms with E-state index in [4.69, 9.17) is 0 Å². The first kappa shape index (κ1) is 15.2. The van der Waals surface area contributed by atoms with Gasteiger partial charge in [-0.15, -0.1) is 0 Å². The van der Waals surface area contributed by atoms with E-state index in [9.17, 15) is 4.79 Å². The molecule has 2 aromatic rings. The van der Waals surface area contributed by atoms with Gasteiger partial charge in [-0.1, -0.05) is 13.0 Å². The Bertz CT molecular complexity index is 588. The maximum atomic E-state index is 11.8. The van der Waals surface area contributed by atoms with Gasteiger partial charge in [-0.25, -0.2) is 9.67 Å². The quantitative estimate of drug-likeness (QED) is 0.817. The zero-order chi connectivity index (χ0) is 15.2. The fraction of sp³-hybridized carbons (Fsp3) is 0.400. The fourth-order valence-electron chi connectivity index (χ4n) is 1.86. The first-order valence-corrected chi connectivity index (χ1v) is 7.05. The highest BCUT2D eigenvalue weighted by Gasteiger charge is 2.12. The summed E-state index contributed by atoms with van der Waals surface area (Å²) in [6.45, 7) is 3.94. The highest BCUT2D eigenvalue weighted by Crippen LogP contribution is 2.07. The number of nitrogens with one attached hydrogen (secondary N) is 1. The van der Waals surface area contributed by atoms with Gasteiger partial charge in [0.25, 0.3) is 5.91 Å². The molecule has 1 amide bonds. The molecule has 0 saturated carbocycles. The molecule has 0 atom stereocenters. The maximum absolute atomic E-state index is 11.8. The van der Waals surface area contributed by atoms with E-state index in [1.165, 1.54) is 4.90 Å². The number of pyridine rings is 1. The van der Waals surface area contributed by atoms with Crippen molar-refractivity contribution in [2.75, 3.05) is 20.6 Å². The third-order valence-electron chi connectivity index (χ3n) is 3.01. The smallest absolute Gasteiger partial charge is 0.273 e.